The van der Waals surface area contributed by atoms with E-state index in [2.05, 4.69) is 15.9 Å². The molecule has 0 aliphatic rings. The van der Waals surface area contributed by atoms with E-state index in [9.17, 15) is 4.79 Å². The fourth-order valence-electron chi connectivity index (χ4n) is 1.82. The van der Waals surface area contributed by atoms with Crippen LogP contribution in [-0.2, 0) is 9.47 Å². The van der Waals surface area contributed by atoms with Crippen molar-refractivity contribution in [3.63, 3.8) is 0 Å². The molecule has 1 amide bonds. The van der Waals surface area contributed by atoms with E-state index in [0.29, 0.717) is 31.9 Å². The van der Waals surface area contributed by atoms with Crippen LogP contribution in [0.15, 0.2) is 22.7 Å². The molecule has 1 rings (SSSR count). The van der Waals surface area contributed by atoms with Gasteiger partial charge in [-0.25, -0.2) is 0 Å². The summed E-state index contributed by atoms with van der Waals surface area (Å²) in [5.41, 5.74) is 1.81. The molecule has 0 bridgehead atoms. The predicted molar refractivity (Wildman–Crippen MR) is 83.2 cm³/mol. The van der Waals surface area contributed by atoms with E-state index in [4.69, 9.17) is 9.47 Å². The lowest BCUT2D eigenvalue weighted by Crippen LogP contribution is -2.35. The maximum Gasteiger partial charge on any atom is 0.253 e. The van der Waals surface area contributed by atoms with Gasteiger partial charge in [-0.3, -0.25) is 4.79 Å². The Balaban J connectivity index is 2.76. The third-order valence-electron chi connectivity index (χ3n) is 3.05. The van der Waals surface area contributed by atoms with Crippen LogP contribution in [0.2, 0.25) is 0 Å². The Morgan fingerprint density at radius 1 is 1.20 bits per heavy atom. The van der Waals surface area contributed by atoms with Crippen LogP contribution in [0.5, 0.6) is 0 Å². The summed E-state index contributed by atoms with van der Waals surface area (Å²) in [6.45, 7) is 4.44. The predicted octanol–water partition coefficient (Wildman–Crippen LogP) is 2.88. The lowest BCUT2D eigenvalue weighted by molar-refractivity contribution is 0.0674. The Bertz CT molecular complexity index is 437. The van der Waals surface area contributed by atoms with Gasteiger partial charge in [0.25, 0.3) is 5.91 Å². The van der Waals surface area contributed by atoms with Crippen LogP contribution in [0.1, 0.15) is 22.3 Å². The van der Waals surface area contributed by atoms with Gasteiger partial charge in [0.05, 0.1) is 6.61 Å². The second-order valence-electron chi connectivity index (χ2n) is 4.60. The van der Waals surface area contributed by atoms with E-state index in [1.807, 2.05) is 25.1 Å². The normalized spacial score (nSPS) is 10.6. The highest BCUT2D eigenvalue weighted by molar-refractivity contribution is 9.10. The van der Waals surface area contributed by atoms with Crippen molar-refractivity contribution in [1.82, 2.24) is 4.90 Å². The molecule has 0 unspecified atom stereocenters. The number of amides is 1. The van der Waals surface area contributed by atoms with Crippen molar-refractivity contribution in [1.29, 1.82) is 0 Å². The number of rotatable bonds is 8. The fraction of sp³-hybridized carbons (Fsp3) is 0.533. The third kappa shape index (κ3) is 5.23. The molecule has 0 saturated carbocycles. The Hall–Kier alpha value is -0.910. The summed E-state index contributed by atoms with van der Waals surface area (Å²) >= 11 is 3.46. The van der Waals surface area contributed by atoms with E-state index in [1.165, 1.54) is 0 Å². The number of nitrogens with zero attached hydrogens (tertiary/aromatic N) is 1. The van der Waals surface area contributed by atoms with E-state index < -0.39 is 0 Å². The summed E-state index contributed by atoms with van der Waals surface area (Å²) in [5.74, 6) is 0.0267. The van der Waals surface area contributed by atoms with Gasteiger partial charge in [0.15, 0.2) is 0 Å². The first-order chi connectivity index (χ1) is 9.60. The molecule has 20 heavy (non-hydrogen) atoms. The van der Waals surface area contributed by atoms with Crippen molar-refractivity contribution in [2.45, 2.75) is 13.3 Å². The minimum atomic E-state index is 0.0267. The first-order valence-corrected chi connectivity index (χ1v) is 7.42. The van der Waals surface area contributed by atoms with Gasteiger partial charge in [-0.15, -0.1) is 0 Å². The summed E-state index contributed by atoms with van der Waals surface area (Å²) in [6.07, 6.45) is 0.818. The number of hydrogen-bond acceptors (Lipinski definition) is 3. The van der Waals surface area contributed by atoms with Crippen LogP contribution >= 0.6 is 15.9 Å². The average molecular weight is 344 g/mol. The number of carbonyl (C=O) groups excluding carboxylic acids is 1. The molecule has 0 fully saturated rings. The number of aryl methyl sites for hydroxylation is 1. The third-order valence-corrected chi connectivity index (χ3v) is 3.90. The molecule has 0 saturated heterocycles. The maximum atomic E-state index is 12.5. The van der Waals surface area contributed by atoms with Gasteiger partial charge >= 0.3 is 0 Å². The van der Waals surface area contributed by atoms with Crippen LogP contribution in [0.4, 0.5) is 0 Å². The molecular formula is C15H22BrNO3. The molecule has 0 aliphatic heterocycles. The molecule has 0 spiro atoms. The number of carbonyl (C=O) groups is 1. The standard InChI is InChI=1S/C15H22BrNO3/c1-12-5-6-13(11-14(12)16)15(18)17(8-10-20-3)7-4-9-19-2/h5-6,11H,4,7-10H2,1-3H3. The monoisotopic (exact) mass is 343 g/mol. The van der Waals surface area contributed by atoms with E-state index in [0.717, 1.165) is 16.5 Å². The number of methoxy groups -OCH3 is 2. The van der Waals surface area contributed by atoms with Gasteiger partial charge in [0.1, 0.15) is 0 Å². The van der Waals surface area contributed by atoms with E-state index in [-0.39, 0.29) is 5.91 Å². The van der Waals surface area contributed by atoms with Crippen molar-refractivity contribution < 1.29 is 14.3 Å². The van der Waals surface area contributed by atoms with Crippen LogP contribution in [-0.4, -0.2) is 51.3 Å². The zero-order chi connectivity index (χ0) is 15.0. The van der Waals surface area contributed by atoms with Crippen molar-refractivity contribution in [3.8, 4) is 0 Å². The molecule has 0 aromatic heterocycles. The molecule has 112 valence electrons. The minimum absolute atomic E-state index is 0.0267. The van der Waals surface area contributed by atoms with Gasteiger partial charge in [-0.05, 0) is 31.0 Å². The van der Waals surface area contributed by atoms with Gasteiger partial charge in [-0.1, -0.05) is 22.0 Å². The van der Waals surface area contributed by atoms with Crippen LogP contribution in [0.25, 0.3) is 0 Å². The molecule has 1 aromatic carbocycles. The van der Waals surface area contributed by atoms with Crippen molar-refractivity contribution in [2.75, 3.05) is 40.5 Å². The summed E-state index contributed by atoms with van der Waals surface area (Å²) in [7, 11) is 3.30. The number of ether oxygens (including phenoxy) is 2. The highest BCUT2D eigenvalue weighted by atomic mass is 79.9. The lowest BCUT2D eigenvalue weighted by Gasteiger charge is -2.22. The molecule has 0 aliphatic carbocycles. The Kier molecular flexibility index (Phi) is 7.80. The van der Waals surface area contributed by atoms with Gasteiger partial charge < -0.3 is 14.4 Å². The molecule has 0 heterocycles. The van der Waals surface area contributed by atoms with Crippen LogP contribution in [0, 0.1) is 6.92 Å². The molecule has 4 nitrogen and oxygen atoms in total. The maximum absolute atomic E-state index is 12.5. The quantitative estimate of drug-likeness (QED) is 0.681. The first-order valence-electron chi connectivity index (χ1n) is 6.63. The van der Waals surface area contributed by atoms with E-state index in [1.54, 1.807) is 19.1 Å². The highest BCUT2D eigenvalue weighted by Crippen LogP contribution is 2.18. The van der Waals surface area contributed by atoms with Gasteiger partial charge in [0.2, 0.25) is 0 Å². The largest absolute Gasteiger partial charge is 0.385 e. The van der Waals surface area contributed by atoms with Gasteiger partial charge in [0, 0.05) is 44.0 Å². The smallest absolute Gasteiger partial charge is 0.253 e. The molecule has 5 heteroatoms. The second kappa shape index (κ2) is 9.10. The highest BCUT2D eigenvalue weighted by Gasteiger charge is 2.15. The molecule has 0 radical (unpaired) electrons. The molecule has 1 aromatic rings. The summed E-state index contributed by atoms with van der Waals surface area (Å²) < 4.78 is 11.1. The number of hydrogen-bond donors (Lipinski definition) is 0. The summed E-state index contributed by atoms with van der Waals surface area (Å²) in [4.78, 5) is 14.3. The van der Waals surface area contributed by atoms with Crippen molar-refractivity contribution in [2.24, 2.45) is 0 Å². The average Bonchev–Trinajstić information content (AvgIpc) is 2.45. The first kappa shape index (κ1) is 17.1. The minimum Gasteiger partial charge on any atom is -0.385 e. The van der Waals surface area contributed by atoms with Gasteiger partial charge in [-0.2, -0.15) is 0 Å². The summed E-state index contributed by atoms with van der Waals surface area (Å²) in [5, 5.41) is 0. The van der Waals surface area contributed by atoms with E-state index >= 15 is 0 Å². The van der Waals surface area contributed by atoms with Crippen molar-refractivity contribution >= 4 is 21.8 Å². The Morgan fingerprint density at radius 3 is 2.50 bits per heavy atom. The lowest BCUT2D eigenvalue weighted by atomic mass is 10.1. The SMILES string of the molecule is COCCCN(CCOC)C(=O)c1ccc(C)c(Br)c1. The zero-order valence-corrected chi connectivity index (χ0v) is 13.9. The van der Waals surface area contributed by atoms with Crippen molar-refractivity contribution in [3.05, 3.63) is 33.8 Å². The Labute approximate surface area is 129 Å². The van der Waals surface area contributed by atoms with Crippen LogP contribution < -0.4 is 0 Å². The number of benzene rings is 1. The molecule has 0 atom stereocenters. The second-order valence-corrected chi connectivity index (χ2v) is 5.45. The summed E-state index contributed by atoms with van der Waals surface area (Å²) in [6, 6.07) is 5.67. The Morgan fingerprint density at radius 2 is 1.90 bits per heavy atom. The number of halogens is 1. The van der Waals surface area contributed by atoms with Crippen LogP contribution in [0.3, 0.4) is 0 Å². The molecule has 0 N–H and O–H groups in total. The zero-order valence-electron chi connectivity index (χ0n) is 12.3. The topological polar surface area (TPSA) is 38.8 Å². The molecular weight excluding hydrogens is 322 g/mol. The fourth-order valence-corrected chi connectivity index (χ4v) is 2.20.